The highest BCUT2D eigenvalue weighted by molar-refractivity contribution is 7.99. The van der Waals surface area contributed by atoms with Crippen LogP contribution in [-0.2, 0) is 0 Å². The fraction of sp³-hybridized carbons (Fsp3) is 0.111. The second-order valence-electron chi connectivity index (χ2n) is 2.53. The van der Waals surface area contributed by atoms with Gasteiger partial charge in [0.1, 0.15) is 5.82 Å². The molecule has 0 radical (unpaired) electrons. The van der Waals surface area contributed by atoms with Gasteiger partial charge in [0.25, 0.3) is 0 Å². The van der Waals surface area contributed by atoms with Crippen LogP contribution in [0.4, 0.5) is 10.1 Å². The van der Waals surface area contributed by atoms with Gasteiger partial charge in [-0.3, -0.25) is 0 Å². The van der Waals surface area contributed by atoms with Gasteiger partial charge >= 0.3 is 0 Å². The number of rotatable bonds is 3. The number of thioether (sulfide) groups is 1. The van der Waals surface area contributed by atoms with Crippen molar-refractivity contribution < 1.29 is 4.39 Å². The molecule has 0 saturated heterocycles. The Morgan fingerprint density at radius 1 is 1.57 bits per heavy atom. The average molecular weight is 252 g/mol. The molecule has 0 saturated carbocycles. The maximum absolute atomic E-state index is 12.7. The number of hydrogen-bond donors (Lipinski definition) is 1. The zero-order chi connectivity index (χ0) is 10.6. The fourth-order valence-corrected chi connectivity index (χ4v) is 1.93. The Morgan fingerprint density at radius 3 is 2.86 bits per heavy atom. The van der Waals surface area contributed by atoms with Gasteiger partial charge in [-0.15, -0.1) is 11.8 Å². The molecule has 0 atom stereocenters. The summed E-state index contributed by atoms with van der Waals surface area (Å²) in [5.74, 6) is 0.187. The van der Waals surface area contributed by atoms with E-state index < -0.39 is 0 Å². The molecule has 76 valence electrons. The van der Waals surface area contributed by atoms with Gasteiger partial charge in [0, 0.05) is 26.9 Å². The number of hydrogen-bond acceptors (Lipinski definition) is 2. The minimum Gasteiger partial charge on any atom is -0.398 e. The predicted octanol–water partition coefficient (Wildman–Crippen LogP) is 3.82. The summed E-state index contributed by atoms with van der Waals surface area (Å²) < 4.78 is 12.7. The molecule has 0 aliphatic rings. The molecule has 1 nitrogen and oxygen atoms in total. The van der Waals surface area contributed by atoms with E-state index >= 15 is 0 Å². The number of nitrogens with two attached hydrogens (primary N) is 1. The van der Waals surface area contributed by atoms with Crippen LogP contribution >= 0.6 is 35.0 Å². The molecule has 0 aliphatic heterocycles. The lowest BCUT2D eigenvalue weighted by Crippen LogP contribution is -1.90. The molecule has 0 unspecified atom stereocenters. The molecule has 0 spiro atoms. The Bertz CT molecular complexity index is 355. The molecule has 0 fully saturated rings. The average Bonchev–Trinajstić information content (AvgIpc) is 2.16. The van der Waals surface area contributed by atoms with Crippen LogP contribution < -0.4 is 5.73 Å². The summed E-state index contributed by atoms with van der Waals surface area (Å²) in [6.07, 6.45) is 0. The standard InChI is InChI=1S/C9H8Cl2FNS/c10-4-6(11)5-14-9-2-1-7(12)3-8(9)13/h1-4H,5,13H2. The molecule has 0 bridgehead atoms. The van der Waals surface area contributed by atoms with Crippen LogP contribution in [0.2, 0.25) is 0 Å². The molecule has 2 N–H and O–H groups in total. The van der Waals surface area contributed by atoms with Gasteiger partial charge in [0.15, 0.2) is 0 Å². The zero-order valence-corrected chi connectivity index (χ0v) is 9.46. The summed E-state index contributed by atoms with van der Waals surface area (Å²) in [5, 5.41) is 0.528. The summed E-state index contributed by atoms with van der Waals surface area (Å²) in [5.41, 5.74) is 7.30. The summed E-state index contributed by atoms with van der Waals surface area (Å²) in [4.78, 5) is 0.795. The molecule has 0 aromatic heterocycles. The first-order valence-corrected chi connectivity index (χ1v) is 5.56. The highest BCUT2D eigenvalue weighted by Crippen LogP contribution is 2.28. The van der Waals surface area contributed by atoms with Crippen molar-refractivity contribution in [3.63, 3.8) is 0 Å². The van der Waals surface area contributed by atoms with Gasteiger partial charge < -0.3 is 5.73 Å². The zero-order valence-electron chi connectivity index (χ0n) is 7.14. The molecule has 0 aliphatic carbocycles. The monoisotopic (exact) mass is 251 g/mol. The highest BCUT2D eigenvalue weighted by atomic mass is 35.5. The topological polar surface area (TPSA) is 26.0 Å². The Morgan fingerprint density at radius 2 is 2.29 bits per heavy atom. The van der Waals surface area contributed by atoms with Crippen LogP contribution in [0, 0.1) is 5.82 Å². The van der Waals surface area contributed by atoms with Gasteiger partial charge in [-0.1, -0.05) is 23.2 Å². The van der Waals surface area contributed by atoms with Crippen molar-refractivity contribution in [2.24, 2.45) is 0 Å². The molecule has 14 heavy (non-hydrogen) atoms. The smallest absolute Gasteiger partial charge is 0.125 e. The maximum Gasteiger partial charge on any atom is 0.125 e. The van der Waals surface area contributed by atoms with Gasteiger partial charge in [-0.05, 0) is 18.2 Å². The van der Waals surface area contributed by atoms with Crippen molar-refractivity contribution in [1.82, 2.24) is 0 Å². The van der Waals surface area contributed by atoms with Crippen LogP contribution in [0.5, 0.6) is 0 Å². The van der Waals surface area contributed by atoms with Crippen LogP contribution in [0.3, 0.4) is 0 Å². The molecule has 0 heterocycles. The van der Waals surface area contributed by atoms with Crippen molar-refractivity contribution in [3.05, 3.63) is 34.6 Å². The van der Waals surface area contributed by atoms with Crippen LogP contribution in [0.1, 0.15) is 0 Å². The van der Waals surface area contributed by atoms with Crippen LogP contribution in [0.25, 0.3) is 0 Å². The Labute approximate surface area is 96.1 Å². The summed E-state index contributed by atoms with van der Waals surface area (Å²) in [6.45, 7) is 0. The van der Waals surface area contributed by atoms with E-state index in [1.54, 1.807) is 6.07 Å². The maximum atomic E-state index is 12.7. The molecule has 5 heteroatoms. The molecule has 1 aromatic carbocycles. The van der Waals surface area contributed by atoms with Crippen molar-refractivity contribution >= 4 is 40.7 Å². The van der Waals surface area contributed by atoms with E-state index in [-0.39, 0.29) is 5.82 Å². The fourth-order valence-electron chi connectivity index (χ4n) is 0.829. The first-order valence-electron chi connectivity index (χ1n) is 3.76. The minimum atomic E-state index is -0.342. The third kappa shape index (κ3) is 3.40. The quantitative estimate of drug-likeness (QED) is 0.653. The third-order valence-electron chi connectivity index (χ3n) is 1.46. The minimum absolute atomic E-state index is 0.342. The molecule has 0 amide bonds. The second kappa shape index (κ2) is 5.49. The Balaban J connectivity index is 2.68. The van der Waals surface area contributed by atoms with E-state index in [1.807, 2.05) is 0 Å². The van der Waals surface area contributed by atoms with E-state index in [0.717, 1.165) is 4.90 Å². The molecule has 1 rings (SSSR count). The largest absolute Gasteiger partial charge is 0.398 e. The van der Waals surface area contributed by atoms with E-state index in [1.165, 1.54) is 29.4 Å². The SMILES string of the molecule is Nc1cc(F)ccc1SCC(Cl)=CCl. The van der Waals surface area contributed by atoms with Crippen molar-refractivity contribution in [2.75, 3.05) is 11.5 Å². The van der Waals surface area contributed by atoms with E-state index in [0.29, 0.717) is 16.5 Å². The van der Waals surface area contributed by atoms with Crippen molar-refractivity contribution in [3.8, 4) is 0 Å². The van der Waals surface area contributed by atoms with E-state index in [4.69, 9.17) is 28.9 Å². The normalized spacial score (nSPS) is 11.8. The first-order chi connectivity index (χ1) is 6.63. The summed E-state index contributed by atoms with van der Waals surface area (Å²) in [7, 11) is 0. The highest BCUT2D eigenvalue weighted by Gasteiger charge is 2.02. The lowest BCUT2D eigenvalue weighted by Gasteiger charge is -2.04. The summed E-state index contributed by atoms with van der Waals surface area (Å²) in [6, 6.07) is 4.26. The van der Waals surface area contributed by atoms with Crippen molar-refractivity contribution in [2.45, 2.75) is 4.90 Å². The number of nitrogen functional groups attached to an aromatic ring is 1. The molecular formula is C9H8Cl2FNS. The van der Waals surface area contributed by atoms with Crippen molar-refractivity contribution in [1.29, 1.82) is 0 Å². The van der Waals surface area contributed by atoms with Gasteiger partial charge in [-0.2, -0.15) is 0 Å². The van der Waals surface area contributed by atoms with Crippen LogP contribution in [-0.4, -0.2) is 5.75 Å². The first kappa shape index (κ1) is 11.7. The number of halogens is 3. The van der Waals surface area contributed by atoms with E-state index in [2.05, 4.69) is 0 Å². The summed E-state index contributed by atoms with van der Waals surface area (Å²) >= 11 is 12.5. The number of benzene rings is 1. The Kier molecular flexibility index (Phi) is 4.58. The van der Waals surface area contributed by atoms with Crippen LogP contribution in [0.15, 0.2) is 33.7 Å². The lowest BCUT2D eigenvalue weighted by molar-refractivity contribution is 0.627. The number of anilines is 1. The lowest BCUT2D eigenvalue weighted by atomic mass is 10.3. The third-order valence-corrected chi connectivity index (χ3v) is 3.37. The second-order valence-corrected chi connectivity index (χ2v) is 4.25. The van der Waals surface area contributed by atoms with Gasteiger partial charge in [-0.25, -0.2) is 4.39 Å². The Hall–Kier alpha value is -0.380. The molecular weight excluding hydrogens is 244 g/mol. The van der Waals surface area contributed by atoms with E-state index in [9.17, 15) is 4.39 Å². The van der Waals surface area contributed by atoms with Gasteiger partial charge in [0.05, 0.1) is 0 Å². The predicted molar refractivity (Wildman–Crippen MR) is 61.3 cm³/mol. The molecule has 1 aromatic rings. The van der Waals surface area contributed by atoms with Gasteiger partial charge in [0.2, 0.25) is 0 Å².